The molecule has 2 aliphatic heterocycles. The van der Waals surface area contributed by atoms with E-state index in [2.05, 4.69) is 5.32 Å². The van der Waals surface area contributed by atoms with Crippen molar-refractivity contribution >= 4 is 17.8 Å². The summed E-state index contributed by atoms with van der Waals surface area (Å²) in [6.45, 7) is 2.96. The topological polar surface area (TPSA) is 75.7 Å². The van der Waals surface area contributed by atoms with E-state index >= 15 is 0 Å². The minimum Gasteiger partial charge on any atom is -0.466 e. The van der Waals surface area contributed by atoms with E-state index < -0.39 is 5.41 Å². The van der Waals surface area contributed by atoms with Crippen LogP contribution in [0.1, 0.15) is 44.6 Å². The molecule has 2 amide bonds. The normalized spacial score (nSPS) is 21.3. The van der Waals surface area contributed by atoms with E-state index in [9.17, 15) is 18.8 Å². The fraction of sp³-hybridized carbons (Fsp3) is 0.571. The van der Waals surface area contributed by atoms with E-state index in [0.29, 0.717) is 51.6 Å². The van der Waals surface area contributed by atoms with Gasteiger partial charge in [-0.05, 0) is 50.3 Å². The molecule has 1 unspecified atom stereocenters. The second kappa shape index (κ2) is 8.71. The van der Waals surface area contributed by atoms with Crippen molar-refractivity contribution in [2.45, 2.75) is 51.5 Å². The quantitative estimate of drug-likeness (QED) is 0.756. The predicted octanol–water partition coefficient (Wildman–Crippen LogP) is 2.21. The zero-order valence-electron chi connectivity index (χ0n) is 16.2. The number of piperidine rings is 1. The van der Waals surface area contributed by atoms with E-state index in [1.807, 2.05) is 6.07 Å². The highest BCUT2D eigenvalue weighted by molar-refractivity contribution is 5.82. The van der Waals surface area contributed by atoms with Gasteiger partial charge < -0.3 is 15.0 Å². The molecule has 0 saturated carbocycles. The lowest BCUT2D eigenvalue weighted by atomic mass is 9.73. The van der Waals surface area contributed by atoms with Crippen LogP contribution in [0.3, 0.4) is 0 Å². The number of carbonyl (C=O) groups is 3. The summed E-state index contributed by atoms with van der Waals surface area (Å²) in [5.41, 5.74) is 0.00353. The highest BCUT2D eigenvalue weighted by Gasteiger charge is 2.43. The third-order valence-electron chi connectivity index (χ3n) is 5.72. The van der Waals surface area contributed by atoms with Gasteiger partial charge >= 0.3 is 5.97 Å². The van der Waals surface area contributed by atoms with Gasteiger partial charge in [-0.2, -0.15) is 0 Å². The second-order valence-corrected chi connectivity index (χ2v) is 7.70. The molecular weight excluding hydrogens is 363 g/mol. The maximum absolute atomic E-state index is 13.6. The number of nitrogens with zero attached hydrogens (tertiary/aromatic N) is 1. The van der Waals surface area contributed by atoms with Gasteiger partial charge in [0.25, 0.3) is 0 Å². The number of hydrogen-bond acceptors (Lipinski definition) is 4. The van der Waals surface area contributed by atoms with Gasteiger partial charge in [0.1, 0.15) is 5.82 Å². The predicted molar refractivity (Wildman–Crippen MR) is 101 cm³/mol. The average Bonchev–Trinajstić information content (AvgIpc) is 3.07. The first-order valence-electron chi connectivity index (χ1n) is 9.91. The van der Waals surface area contributed by atoms with E-state index in [1.54, 1.807) is 17.9 Å². The van der Waals surface area contributed by atoms with Gasteiger partial charge in [0.2, 0.25) is 11.8 Å². The highest BCUT2D eigenvalue weighted by Crippen LogP contribution is 2.37. The van der Waals surface area contributed by atoms with Crippen molar-refractivity contribution < 1.29 is 23.5 Å². The van der Waals surface area contributed by atoms with E-state index in [0.717, 1.165) is 5.56 Å². The molecule has 2 saturated heterocycles. The molecule has 0 spiro atoms. The number of rotatable bonds is 6. The van der Waals surface area contributed by atoms with Crippen LogP contribution in [0.5, 0.6) is 0 Å². The molecule has 1 aromatic carbocycles. The molecule has 0 aliphatic carbocycles. The molecule has 3 rings (SSSR count). The Morgan fingerprint density at radius 3 is 2.68 bits per heavy atom. The van der Waals surface area contributed by atoms with Gasteiger partial charge in [-0.1, -0.05) is 12.1 Å². The molecule has 152 valence electrons. The molecule has 0 aromatic heterocycles. The van der Waals surface area contributed by atoms with Crippen LogP contribution in [0, 0.1) is 11.2 Å². The Hall–Kier alpha value is -2.44. The monoisotopic (exact) mass is 390 g/mol. The summed E-state index contributed by atoms with van der Waals surface area (Å²) in [6, 6.07) is 6.18. The van der Waals surface area contributed by atoms with Gasteiger partial charge in [-0.25, -0.2) is 4.39 Å². The van der Waals surface area contributed by atoms with Crippen LogP contribution in [0.25, 0.3) is 0 Å². The summed E-state index contributed by atoms with van der Waals surface area (Å²) in [6.07, 6.45) is 2.80. The van der Waals surface area contributed by atoms with Crippen molar-refractivity contribution in [3.63, 3.8) is 0 Å². The Morgan fingerprint density at radius 2 is 2.07 bits per heavy atom. The Morgan fingerprint density at radius 1 is 1.32 bits per heavy atom. The summed E-state index contributed by atoms with van der Waals surface area (Å²) in [5, 5.41) is 2.82. The molecule has 0 radical (unpaired) electrons. The number of amides is 2. The molecule has 6 nitrogen and oxygen atoms in total. The molecule has 2 fully saturated rings. The van der Waals surface area contributed by atoms with Gasteiger partial charge in [-0.3, -0.25) is 14.4 Å². The highest BCUT2D eigenvalue weighted by atomic mass is 19.1. The van der Waals surface area contributed by atoms with E-state index in [-0.39, 0.29) is 36.2 Å². The molecule has 1 N–H and O–H groups in total. The van der Waals surface area contributed by atoms with Crippen LogP contribution >= 0.6 is 0 Å². The Labute approximate surface area is 164 Å². The Kier molecular flexibility index (Phi) is 6.31. The van der Waals surface area contributed by atoms with Crippen molar-refractivity contribution in [3.05, 3.63) is 35.6 Å². The summed E-state index contributed by atoms with van der Waals surface area (Å²) in [7, 11) is 0. The van der Waals surface area contributed by atoms with Crippen LogP contribution in [0.4, 0.5) is 4.39 Å². The fourth-order valence-corrected chi connectivity index (χ4v) is 4.13. The zero-order valence-corrected chi connectivity index (χ0v) is 16.2. The van der Waals surface area contributed by atoms with E-state index in [4.69, 9.17) is 4.74 Å². The van der Waals surface area contributed by atoms with Crippen molar-refractivity contribution in [1.29, 1.82) is 0 Å². The van der Waals surface area contributed by atoms with Crippen molar-refractivity contribution in [2.75, 3.05) is 19.7 Å². The smallest absolute Gasteiger partial charge is 0.312 e. The minimum absolute atomic E-state index is 0.00425. The molecule has 7 heteroatoms. The maximum atomic E-state index is 13.6. The zero-order chi connectivity index (χ0) is 20.1. The Balaban J connectivity index is 1.65. The van der Waals surface area contributed by atoms with Crippen molar-refractivity contribution in [2.24, 2.45) is 5.41 Å². The molecule has 1 aromatic rings. The van der Waals surface area contributed by atoms with Gasteiger partial charge in [0.15, 0.2) is 0 Å². The van der Waals surface area contributed by atoms with Gasteiger partial charge in [-0.15, -0.1) is 0 Å². The molecule has 0 bridgehead atoms. The number of ether oxygens (including phenoxy) is 1. The third kappa shape index (κ3) is 4.69. The molecule has 2 aliphatic rings. The number of hydrogen-bond donors (Lipinski definition) is 1. The van der Waals surface area contributed by atoms with Crippen LogP contribution < -0.4 is 5.32 Å². The third-order valence-corrected chi connectivity index (χ3v) is 5.72. The first kappa shape index (κ1) is 20.3. The summed E-state index contributed by atoms with van der Waals surface area (Å²) in [4.78, 5) is 38.4. The molecule has 28 heavy (non-hydrogen) atoms. The number of esters is 1. The van der Waals surface area contributed by atoms with Gasteiger partial charge in [0.05, 0.1) is 12.0 Å². The van der Waals surface area contributed by atoms with Gasteiger partial charge in [0, 0.05) is 32.0 Å². The standard InChI is InChI=1S/C21H27FN2O4/c1-2-28-20(27)21(14-15-4-3-5-16(22)12-15)8-10-24(11-9-21)19(26)13-17-6-7-18(25)23-17/h3-5,12,17H,2,6-11,13-14H2,1H3,(H,23,25). The molecule has 2 heterocycles. The first-order chi connectivity index (χ1) is 13.4. The first-order valence-corrected chi connectivity index (χ1v) is 9.91. The van der Waals surface area contributed by atoms with Crippen LogP contribution in [0.15, 0.2) is 24.3 Å². The SMILES string of the molecule is CCOC(=O)C1(Cc2cccc(F)c2)CCN(C(=O)CC2CCC(=O)N2)CC1. The van der Waals surface area contributed by atoms with Crippen molar-refractivity contribution in [1.82, 2.24) is 10.2 Å². The van der Waals surface area contributed by atoms with Crippen LogP contribution in [0.2, 0.25) is 0 Å². The van der Waals surface area contributed by atoms with E-state index in [1.165, 1.54) is 12.1 Å². The lowest BCUT2D eigenvalue weighted by Crippen LogP contribution is -2.49. The number of halogens is 1. The number of nitrogens with one attached hydrogen (secondary N) is 1. The molecule has 1 atom stereocenters. The number of likely N-dealkylation sites (tertiary alicyclic amines) is 1. The number of benzene rings is 1. The molecular formula is C21H27FN2O4. The lowest BCUT2D eigenvalue weighted by Gasteiger charge is -2.40. The Bertz CT molecular complexity index is 744. The fourth-order valence-electron chi connectivity index (χ4n) is 4.13. The second-order valence-electron chi connectivity index (χ2n) is 7.70. The summed E-state index contributed by atoms with van der Waals surface area (Å²) < 4.78 is 18.9. The summed E-state index contributed by atoms with van der Waals surface area (Å²) in [5.74, 6) is -0.625. The van der Waals surface area contributed by atoms with Crippen LogP contribution in [-0.2, 0) is 25.5 Å². The van der Waals surface area contributed by atoms with Crippen LogP contribution in [-0.4, -0.2) is 48.4 Å². The minimum atomic E-state index is -0.748. The van der Waals surface area contributed by atoms with Crippen molar-refractivity contribution in [3.8, 4) is 0 Å². The average molecular weight is 390 g/mol. The summed E-state index contributed by atoms with van der Waals surface area (Å²) >= 11 is 0. The maximum Gasteiger partial charge on any atom is 0.312 e. The largest absolute Gasteiger partial charge is 0.466 e. The number of carbonyl (C=O) groups excluding carboxylic acids is 3. The lowest BCUT2D eigenvalue weighted by molar-refractivity contribution is -0.160.